The Morgan fingerprint density at radius 3 is 2.87 bits per heavy atom. The molecule has 0 aliphatic carbocycles. The first-order chi connectivity index (χ1) is 15.2. The Morgan fingerprint density at radius 1 is 1.23 bits per heavy atom. The maximum Gasteiger partial charge on any atom is 0.254 e. The first-order valence-electron chi connectivity index (χ1n) is 10.5. The molecule has 5 rings (SSSR count). The highest BCUT2D eigenvalue weighted by Crippen LogP contribution is 2.34. The number of likely N-dealkylation sites (tertiary alicyclic amines) is 1. The molecule has 0 spiro atoms. The van der Waals surface area contributed by atoms with Crippen LogP contribution in [0.2, 0.25) is 0 Å². The quantitative estimate of drug-likeness (QED) is 0.440. The van der Waals surface area contributed by atoms with Crippen LogP contribution in [0, 0.1) is 6.92 Å². The van der Waals surface area contributed by atoms with Crippen LogP contribution in [0.4, 0.5) is 0 Å². The topological polar surface area (TPSA) is 75.0 Å². The highest BCUT2D eigenvalue weighted by atomic mass is 32.2. The summed E-state index contributed by atoms with van der Waals surface area (Å²) in [4.78, 5) is 23.9. The predicted molar refractivity (Wildman–Crippen MR) is 121 cm³/mol. The van der Waals surface area contributed by atoms with E-state index in [-0.39, 0.29) is 5.91 Å². The molecule has 1 saturated heterocycles. The lowest BCUT2D eigenvalue weighted by atomic mass is 9.89. The number of piperidine rings is 1. The van der Waals surface area contributed by atoms with Gasteiger partial charge in [-0.05, 0) is 55.5 Å². The third kappa shape index (κ3) is 4.10. The molecule has 1 aromatic carbocycles. The Morgan fingerprint density at radius 2 is 2.06 bits per heavy atom. The number of hydrogen-bond acceptors (Lipinski definition) is 5. The van der Waals surface area contributed by atoms with Crippen LogP contribution in [0.1, 0.15) is 46.1 Å². The molecule has 4 heterocycles. The maximum absolute atomic E-state index is 13.3. The monoisotopic (exact) mass is 432 g/mol. The summed E-state index contributed by atoms with van der Waals surface area (Å²) in [5, 5.41) is 5.13. The van der Waals surface area contributed by atoms with Gasteiger partial charge in [0.05, 0.1) is 17.0 Å². The van der Waals surface area contributed by atoms with E-state index in [1.54, 1.807) is 11.8 Å². The van der Waals surface area contributed by atoms with Gasteiger partial charge in [-0.1, -0.05) is 17.3 Å². The highest BCUT2D eigenvalue weighted by molar-refractivity contribution is 7.98. The number of benzene rings is 1. The lowest BCUT2D eigenvalue weighted by Gasteiger charge is -2.32. The van der Waals surface area contributed by atoms with Gasteiger partial charge in [0, 0.05) is 41.8 Å². The summed E-state index contributed by atoms with van der Waals surface area (Å²) in [7, 11) is 0. The highest BCUT2D eigenvalue weighted by Gasteiger charge is 2.27. The van der Waals surface area contributed by atoms with Crippen molar-refractivity contribution in [1.29, 1.82) is 0 Å². The van der Waals surface area contributed by atoms with E-state index in [1.807, 2.05) is 54.4 Å². The van der Waals surface area contributed by atoms with E-state index in [1.165, 1.54) is 10.9 Å². The fourth-order valence-electron chi connectivity index (χ4n) is 4.28. The van der Waals surface area contributed by atoms with Crippen molar-refractivity contribution in [3.63, 3.8) is 0 Å². The van der Waals surface area contributed by atoms with Crippen LogP contribution in [-0.4, -0.2) is 39.0 Å². The average molecular weight is 433 g/mol. The summed E-state index contributed by atoms with van der Waals surface area (Å²) in [6.07, 6.45) is 5.81. The molecule has 0 atom stereocenters. The molecule has 1 aliphatic heterocycles. The number of fused-ring (bicyclic) bond motifs is 1. The second-order valence-electron chi connectivity index (χ2n) is 7.93. The number of aryl methyl sites for hydroxylation is 1. The summed E-state index contributed by atoms with van der Waals surface area (Å²) in [5.41, 5.74) is 3.88. The Kier molecular flexibility index (Phi) is 5.51. The van der Waals surface area contributed by atoms with Crippen LogP contribution >= 0.6 is 11.8 Å². The van der Waals surface area contributed by atoms with E-state index in [0.29, 0.717) is 11.7 Å². The zero-order valence-corrected chi connectivity index (χ0v) is 18.2. The van der Waals surface area contributed by atoms with Crippen molar-refractivity contribution in [1.82, 2.24) is 20.0 Å². The van der Waals surface area contributed by atoms with Crippen LogP contribution in [0.5, 0.6) is 0 Å². The van der Waals surface area contributed by atoms with Gasteiger partial charge >= 0.3 is 0 Å². The number of nitrogens with zero attached hydrogens (tertiary/aromatic N) is 3. The molecule has 6 nitrogen and oxygen atoms in total. The SMILES string of the molecule is Cc1cc(CSc2ccccc2C(=O)N2CCC(c3c[nH]c4ncccc34)CC2)on1. The van der Waals surface area contributed by atoms with E-state index in [9.17, 15) is 4.79 Å². The van der Waals surface area contributed by atoms with Crippen LogP contribution in [-0.2, 0) is 5.75 Å². The van der Waals surface area contributed by atoms with Crippen LogP contribution in [0.25, 0.3) is 11.0 Å². The molecule has 0 saturated carbocycles. The number of carbonyl (C=O) groups is 1. The number of aromatic nitrogens is 3. The zero-order chi connectivity index (χ0) is 21.2. The van der Waals surface area contributed by atoms with E-state index >= 15 is 0 Å². The minimum absolute atomic E-state index is 0.107. The fraction of sp³-hybridized carbons (Fsp3) is 0.292. The normalized spacial score (nSPS) is 14.9. The summed E-state index contributed by atoms with van der Waals surface area (Å²) in [6.45, 7) is 3.43. The maximum atomic E-state index is 13.3. The summed E-state index contributed by atoms with van der Waals surface area (Å²) < 4.78 is 5.31. The minimum atomic E-state index is 0.107. The molecule has 3 aromatic heterocycles. The van der Waals surface area contributed by atoms with Crippen LogP contribution < -0.4 is 0 Å². The van der Waals surface area contributed by atoms with Crippen LogP contribution in [0.3, 0.4) is 0 Å². The summed E-state index contributed by atoms with van der Waals surface area (Å²) in [6, 6.07) is 13.9. The number of nitrogens with one attached hydrogen (secondary N) is 1. The van der Waals surface area contributed by atoms with Gasteiger partial charge in [-0.3, -0.25) is 4.79 Å². The largest absolute Gasteiger partial charge is 0.360 e. The number of hydrogen-bond donors (Lipinski definition) is 1. The first kappa shape index (κ1) is 19.9. The molecule has 0 bridgehead atoms. The van der Waals surface area contributed by atoms with Gasteiger partial charge in [0.25, 0.3) is 5.91 Å². The smallest absolute Gasteiger partial charge is 0.254 e. The standard InChI is InChI=1S/C24H24N4O2S/c1-16-13-18(30-27-16)15-31-22-7-3-2-5-20(22)24(29)28-11-8-17(9-12-28)21-14-26-23-19(21)6-4-10-25-23/h2-7,10,13-14,17H,8-9,11-12,15H2,1H3,(H,25,26). The Labute approximate surface area is 185 Å². The van der Waals surface area contributed by atoms with Gasteiger partial charge < -0.3 is 14.4 Å². The predicted octanol–water partition coefficient (Wildman–Crippen LogP) is 5.17. The molecule has 31 heavy (non-hydrogen) atoms. The van der Waals surface area contributed by atoms with Crippen molar-refractivity contribution >= 4 is 28.7 Å². The van der Waals surface area contributed by atoms with E-state index in [0.717, 1.165) is 53.5 Å². The van der Waals surface area contributed by atoms with Crippen molar-refractivity contribution in [3.8, 4) is 0 Å². The fourth-order valence-corrected chi connectivity index (χ4v) is 5.20. The van der Waals surface area contributed by atoms with Crippen molar-refractivity contribution in [2.75, 3.05) is 13.1 Å². The second-order valence-corrected chi connectivity index (χ2v) is 8.95. The third-order valence-corrected chi connectivity index (χ3v) is 6.97. The van der Waals surface area contributed by atoms with Crippen molar-refractivity contribution in [3.05, 3.63) is 77.4 Å². The van der Waals surface area contributed by atoms with E-state index in [2.05, 4.69) is 27.4 Å². The Hall–Kier alpha value is -3.06. The third-order valence-electron chi connectivity index (χ3n) is 5.87. The number of rotatable bonds is 5. The van der Waals surface area contributed by atoms with Crippen molar-refractivity contribution in [2.45, 2.75) is 36.3 Å². The lowest BCUT2D eigenvalue weighted by molar-refractivity contribution is 0.0710. The van der Waals surface area contributed by atoms with E-state index < -0.39 is 0 Å². The zero-order valence-electron chi connectivity index (χ0n) is 17.4. The molecular formula is C24H24N4O2S. The first-order valence-corrected chi connectivity index (χ1v) is 11.5. The number of carbonyl (C=O) groups excluding carboxylic acids is 1. The van der Waals surface area contributed by atoms with Gasteiger partial charge in [0.2, 0.25) is 0 Å². The second kappa shape index (κ2) is 8.59. The summed E-state index contributed by atoms with van der Waals surface area (Å²) in [5.74, 6) is 2.03. The molecule has 0 radical (unpaired) electrons. The van der Waals surface area contributed by atoms with Crippen molar-refractivity contribution < 1.29 is 9.32 Å². The number of amides is 1. The number of aromatic amines is 1. The molecular weight excluding hydrogens is 408 g/mol. The van der Waals surface area contributed by atoms with Crippen molar-refractivity contribution in [2.24, 2.45) is 0 Å². The van der Waals surface area contributed by atoms with E-state index in [4.69, 9.17) is 4.52 Å². The molecule has 1 N–H and O–H groups in total. The Bertz CT molecular complexity index is 1210. The number of thioether (sulfide) groups is 1. The molecule has 1 aliphatic rings. The summed E-state index contributed by atoms with van der Waals surface area (Å²) >= 11 is 1.61. The molecule has 1 amide bonds. The lowest BCUT2D eigenvalue weighted by Crippen LogP contribution is -2.38. The molecule has 1 fully saturated rings. The van der Waals surface area contributed by atoms with Gasteiger partial charge in [-0.25, -0.2) is 4.98 Å². The minimum Gasteiger partial charge on any atom is -0.360 e. The number of pyridine rings is 1. The molecule has 0 unspecified atom stereocenters. The van der Waals surface area contributed by atoms with Gasteiger partial charge in [-0.2, -0.15) is 0 Å². The molecule has 158 valence electrons. The average Bonchev–Trinajstić information content (AvgIpc) is 3.43. The Balaban J connectivity index is 1.26. The van der Waals surface area contributed by atoms with Gasteiger partial charge in [0.15, 0.2) is 0 Å². The molecule has 7 heteroatoms. The van der Waals surface area contributed by atoms with Gasteiger partial charge in [-0.15, -0.1) is 11.8 Å². The number of H-pyrrole nitrogens is 1. The molecule has 4 aromatic rings. The van der Waals surface area contributed by atoms with Gasteiger partial charge in [0.1, 0.15) is 11.4 Å². The van der Waals surface area contributed by atoms with Crippen LogP contribution in [0.15, 0.2) is 64.3 Å².